The number of piperidine rings is 1. The van der Waals surface area contributed by atoms with Crippen molar-refractivity contribution in [3.63, 3.8) is 0 Å². The van der Waals surface area contributed by atoms with Crippen LogP contribution in [0.1, 0.15) is 33.1 Å². The van der Waals surface area contributed by atoms with Crippen molar-refractivity contribution in [2.75, 3.05) is 26.2 Å². The molecule has 0 aromatic carbocycles. The van der Waals surface area contributed by atoms with Crippen molar-refractivity contribution >= 4 is 11.8 Å². The summed E-state index contributed by atoms with van der Waals surface area (Å²) in [7, 11) is 0. The summed E-state index contributed by atoms with van der Waals surface area (Å²) in [6.45, 7) is 6.02. The number of likely N-dealkylation sites (N-methyl/N-ethyl adjacent to an activating group) is 2. The smallest absolute Gasteiger partial charge is 0.240 e. The zero-order valence-corrected chi connectivity index (χ0v) is 10.8. The number of hydrogen-bond acceptors (Lipinski definition) is 3. The van der Waals surface area contributed by atoms with E-state index >= 15 is 0 Å². The standard InChI is InChI=1S/C12H23N3O2/c1-3-13-11(16)9-15(4-2)12(17)10-7-5-6-8-14-10/h10,14H,3-9H2,1-2H3,(H,13,16)/t10-/m0/s1. The Balaban J connectivity index is 2.47. The van der Waals surface area contributed by atoms with Crippen LogP contribution in [-0.2, 0) is 9.59 Å². The molecule has 17 heavy (non-hydrogen) atoms. The SMILES string of the molecule is CCNC(=O)CN(CC)C(=O)[C@@H]1CCCCN1. The summed E-state index contributed by atoms with van der Waals surface area (Å²) in [6.07, 6.45) is 3.10. The largest absolute Gasteiger partial charge is 0.355 e. The van der Waals surface area contributed by atoms with Crippen LogP contribution in [0, 0.1) is 0 Å². The van der Waals surface area contributed by atoms with Crippen molar-refractivity contribution in [3.8, 4) is 0 Å². The van der Waals surface area contributed by atoms with Gasteiger partial charge in [0.15, 0.2) is 0 Å². The number of nitrogens with one attached hydrogen (secondary N) is 2. The molecule has 5 nitrogen and oxygen atoms in total. The van der Waals surface area contributed by atoms with Gasteiger partial charge in [-0.15, -0.1) is 0 Å². The molecule has 98 valence electrons. The van der Waals surface area contributed by atoms with Gasteiger partial charge in [0.25, 0.3) is 0 Å². The van der Waals surface area contributed by atoms with E-state index in [1.807, 2.05) is 13.8 Å². The van der Waals surface area contributed by atoms with Crippen molar-refractivity contribution in [2.45, 2.75) is 39.2 Å². The van der Waals surface area contributed by atoms with Gasteiger partial charge in [-0.25, -0.2) is 0 Å². The van der Waals surface area contributed by atoms with Crippen LogP contribution < -0.4 is 10.6 Å². The third-order valence-electron chi connectivity index (χ3n) is 3.01. The molecule has 0 unspecified atom stereocenters. The van der Waals surface area contributed by atoms with Crippen molar-refractivity contribution < 1.29 is 9.59 Å². The molecule has 5 heteroatoms. The molecule has 0 aromatic heterocycles. The van der Waals surface area contributed by atoms with Crippen LogP contribution in [0.15, 0.2) is 0 Å². The van der Waals surface area contributed by atoms with E-state index in [4.69, 9.17) is 0 Å². The van der Waals surface area contributed by atoms with E-state index in [1.54, 1.807) is 4.90 Å². The van der Waals surface area contributed by atoms with Gasteiger partial charge in [-0.1, -0.05) is 6.42 Å². The molecule has 1 aliphatic heterocycles. The van der Waals surface area contributed by atoms with Gasteiger partial charge in [-0.3, -0.25) is 9.59 Å². The van der Waals surface area contributed by atoms with Gasteiger partial charge in [-0.2, -0.15) is 0 Å². The van der Waals surface area contributed by atoms with Crippen LogP contribution in [-0.4, -0.2) is 48.9 Å². The molecule has 1 saturated heterocycles. The quantitative estimate of drug-likeness (QED) is 0.718. The molecule has 1 heterocycles. The van der Waals surface area contributed by atoms with Gasteiger partial charge < -0.3 is 15.5 Å². The minimum Gasteiger partial charge on any atom is -0.355 e. The Hall–Kier alpha value is -1.10. The molecule has 1 atom stereocenters. The number of nitrogens with zero attached hydrogens (tertiary/aromatic N) is 1. The van der Waals surface area contributed by atoms with E-state index in [-0.39, 0.29) is 24.4 Å². The van der Waals surface area contributed by atoms with Crippen LogP contribution >= 0.6 is 0 Å². The fraction of sp³-hybridized carbons (Fsp3) is 0.833. The summed E-state index contributed by atoms with van der Waals surface area (Å²) in [6, 6.07) is -0.0990. The van der Waals surface area contributed by atoms with Crippen molar-refractivity contribution in [1.29, 1.82) is 0 Å². The second-order valence-corrected chi connectivity index (χ2v) is 4.31. The van der Waals surface area contributed by atoms with Crippen LogP contribution in [0.4, 0.5) is 0 Å². The zero-order valence-electron chi connectivity index (χ0n) is 10.8. The maximum Gasteiger partial charge on any atom is 0.240 e. The Morgan fingerprint density at radius 1 is 1.35 bits per heavy atom. The minimum atomic E-state index is -0.0990. The molecule has 1 rings (SSSR count). The summed E-state index contributed by atoms with van der Waals surface area (Å²) in [5.41, 5.74) is 0. The first-order valence-corrected chi connectivity index (χ1v) is 6.47. The van der Waals surface area contributed by atoms with E-state index < -0.39 is 0 Å². The van der Waals surface area contributed by atoms with E-state index in [0.717, 1.165) is 25.8 Å². The molecule has 2 amide bonds. The average molecular weight is 241 g/mol. The Morgan fingerprint density at radius 3 is 2.65 bits per heavy atom. The lowest BCUT2D eigenvalue weighted by atomic mass is 10.0. The molecule has 0 radical (unpaired) electrons. The predicted octanol–water partition coefficient (Wildman–Crippen LogP) is 0.113. The zero-order chi connectivity index (χ0) is 12.7. The van der Waals surface area contributed by atoms with Gasteiger partial charge in [-0.05, 0) is 33.2 Å². The predicted molar refractivity (Wildman–Crippen MR) is 66.6 cm³/mol. The number of carbonyl (C=O) groups excluding carboxylic acids is 2. The Kier molecular flexibility index (Phi) is 5.97. The highest BCUT2D eigenvalue weighted by molar-refractivity contribution is 5.87. The fourth-order valence-corrected chi connectivity index (χ4v) is 2.05. The monoisotopic (exact) mass is 241 g/mol. The van der Waals surface area contributed by atoms with E-state index in [1.165, 1.54) is 0 Å². The third kappa shape index (κ3) is 4.34. The van der Waals surface area contributed by atoms with E-state index in [9.17, 15) is 9.59 Å². The molecule has 0 aromatic rings. The fourth-order valence-electron chi connectivity index (χ4n) is 2.05. The lowest BCUT2D eigenvalue weighted by Gasteiger charge is -2.28. The molecular formula is C12H23N3O2. The maximum absolute atomic E-state index is 12.2. The molecule has 0 spiro atoms. The summed E-state index contributed by atoms with van der Waals surface area (Å²) in [5.74, 6) is -0.0306. The summed E-state index contributed by atoms with van der Waals surface area (Å²) < 4.78 is 0. The van der Waals surface area contributed by atoms with Crippen LogP contribution in [0.25, 0.3) is 0 Å². The molecule has 0 bridgehead atoms. The van der Waals surface area contributed by atoms with Crippen LogP contribution in [0.3, 0.4) is 0 Å². The summed E-state index contributed by atoms with van der Waals surface area (Å²) in [5, 5.41) is 5.93. The van der Waals surface area contributed by atoms with Crippen molar-refractivity contribution in [2.24, 2.45) is 0 Å². The highest BCUT2D eigenvalue weighted by Crippen LogP contribution is 2.09. The Labute approximate surface area is 103 Å². The topological polar surface area (TPSA) is 61.4 Å². The second kappa shape index (κ2) is 7.27. The minimum absolute atomic E-state index is 0.0541. The second-order valence-electron chi connectivity index (χ2n) is 4.31. The lowest BCUT2D eigenvalue weighted by Crippen LogP contribution is -2.51. The first-order chi connectivity index (χ1) is 8.19. The highest BCUT2D eigenvalue weighted by Gasteiger charge is 2.25. The summed E-state index contributed by atoms with van der Waals surface area (Å²) in [4.78, 5) is 25.2. The molecule has 0 saturated carbocycles. The number of rotatable bonds is 5. The lowest BCUT2D eigenvalue weighted by molar-refractivity contribution is -0.138. The van der Waals surface area contributed by atoms with Crippen LogP contribution in [0.5, 0.6) is 0 Å². The summed E-state index contributed by atoms with van der Waals surface area (Å²) >= 11 is 0. The van der Waals surface area contributed by atoms with Crippen molar-refractivity contribution in [1.82, 2.24) is 15.5 Å². The normalized spacial score (nSPS) is 19.8. The molecule has 0 aliphatic carbocycles. The van der Waals surface area contributed by atoms with Gasteiger partial charge in [0, 0.05) is 13.1 Å². The van der Waals surface area contributed by atoms with Gasteiger partial charge in [0.2, 0.25) is 11.8 Å². The highest BCUT2D eigenvalue weighted by atomic mass is 16.2. The third-order valence-corrected chi connectivity index (χ3v) is 3.01. The van der Waals surface area contributed by atoms with Gasteiger partial charge in [0.05, 0.1) is 12.6 Å². The van der Waals surface area contributed by atoms with Crippen LogP contribution in [0.2, 0.25) is 0 Å². The Bertz CT molecular complexity index is 262. The molecule has 1 aliphatic rings. The van der Waals surface area contributed by atoms with E-state index in [0.29, 0.717) is 13.1 Å². The average Bonchev–Trinajstić information content (AvgIpc) is 2.36. The van der Waals surface area contributed by atoms with Gasteiger partial charge in [0.1, 0.15) is 0 Å². The van der Waals surface area contributed by atoms with Crippen molar-refractivity contribution in [3.05, 3.63) is 0 Å². The Morgan fingerprint density at radius 2 is 2.12 bits per heavy atom. The molecule has 1 fully saturated rings. The first-order valence-electron chi connectivity index (χ1n) is 6.47. The number of hydrogen-bond donors (Lipinski definition) is 2. The molecule has 2 N–H and O–H groups in total. The van der Waals surface area contributed by atoms with Gasteiger partial charge >= 0.3 is 0 Å². The first kappa shape index (κ1) is 14.0. The number of amides is 2. The molecular weight excluding hydrogens is 218 g/mol. The van der Waals surface area contributed by atoms with E-state index in [2.05, 4.69) is 10.6 Å². The maximum atomic E-state index is 12.2. The number of carbonyl (C=O) groups is 2.